The minimum absolute atomic E-state index is 0.0267. The van der Waals surface area contributed by atoms with E-state index in [-0.39, 0.29) is 11.6 Å². The Kier molecular flexibility index (Phi) is 5.06. The van der Waals surface area contributed by atoms with Crippen molar-refractivity contribution in [2.45, 2.75) is 25.8 Å². The molecule has 4 rings (SSSR count). The third-order valence-corrected chi connectivity index (χ3v) is 4.59. The molecule has 142 valence electrons. The highest BCUT2D eigenvalue weighted by Crippen LogP contribution is 2.32. The molecule has 0 N–H and O–H groups in total. The van der Waals surface area contributed by atoms with Gasteiger partial charge in [0.05, 0.1) is 23.9 Å². The Labute approximate surface area is 161 Å². The van der Waals surface area contributed by atoms with Crippen LogP contribution < -0.4 is 4.74 Å². The number of nitrogens with zero attached hydrogens (tertiary/aromatic N) is 4. The maximum atomic E-state index is 14.0. The number of hydrogen-bond donors (Lipinski definition) is 0. The molecule has 1 unspecified atom stereocenters. The monoisotopic (exact) mass is 380 g/mol. The molecule has 0 fully saturated rings. The van der Waals surface area contributed by atoms with E-state index in [0.29, 0.717) is 31.2 Å². The van der Waals surface area contributed by atoms with Crippen molar-refractivity contribution in [1.29, 1.82) is 0 Å². The highest BCUT2D eigenvalue weighted by molar-refractivity contribution is 6.02. The standard InChI is InChI=1S/C21H18F2N4O/c1-2-28-21-25-11-14(12-26-21)17-7-6-13(10-24-17)18-8-9-19(27-18)20-15(22)4-3-5-16(20)23/h3-7,10-12,18H,2,8-9H2,1H3. The first kappa shape index (κ1) is 18.2. The molecular formula is C21H18F2N4O. The summed E-state index contributed by atoms with van der Waals surface area (Å²) < 4.78 is 33.2. The number of hydrogen-bond acceptors (Lipinski definition) is 5. The first-order chi connectivity index (χ1) is 13.7. The molecule has 28 heavy (non-hydrogen) atoms. The van der Waals surface area contributed by atoms with Crippen molar-refractivity contribution in [3.63, 3.8) is 0 Å². The quantitative estimate of drug-likeness (QED) is 0.652. The lowest BCUT2D eigenvalue weighted by molar-refractivity contribution is 0.312. The zero-order chi connectivity index (χ0) is 19.5. The molecule has 1 aliphatic rings. The normalized spacial score (nSPS) is 16.1. The zero-order valence-electron chi connectivity index (χ0n) is 15.3. The molecule has 0 saturated carbocycles. The Morgan fingerprint density at radius 2 is 1.75 bits per heavy atom. The van der Waals surface area contributed by atoms with Crippen LogP contribution >= 0.6 is 0 Å². The minimum Gasteiger partial charge on any atom is -0.464 e. The molecule has 0 amide bonds. The topological polar surface area (TPSA) is 60.3 Å². The summed E-state index contributed by atoms with van der Waals surface area (Å²) in [5.41, 5.74) is 2.85. The smallest absolute Gasteiger partial charge is 0.316 e. The Balaban J connectivity index is 1.54. The number of pyridine rings is 1. The van der Waals surface area contributed by atoms with Crippen molar-refractivity contribution in [3.05, 3.63) is 71.7 Å². The van der Waals surface area contributed by atoms with Crippen LogP contribution in [0.1, 0.15) is 36.9 Å². The van der Waals surface area contributed by atoms with Crippen molar-refractivity contribution >= 4 is 5.71 Å². The van der Waals surface area contributed by atoms with Gasteiger partial charge in [-0.1, -0.05) is 12.1 Å². The van der Waals surface area contributed by atoms with Gasteiger partial charge >= 0.3 is 6.01 Å². The predicted octanol–water partition coefficient (Wildman–Crippen LogP) is 4.54. The number of aromatic nitrogens is 3. The van der Waals surface area contributed by atoms with E-state index < -0.39 is 11.6 Å². The van der Waals surface area contributed by atoms with Crippen molar-refractivity contribution in [3.8, 4) is 17.3 Å². The van der Waals surface area contributed by atoms with Gasteiger partial charge in [0.2, 0.25) is 0 Å². The van der Waals surface area contributed by atoms with Crippen LogP contribution in [0.5, 0.6) is 6.01 Å². The van der Waals surface area contributed by atoms with Gasteiger partial charge in [-0.3, -0.25) is 9.98 Å². The predicted molar refractivity (Wildman–Crippen MR) is 101 cm³/mol. The van der Waals surface area contributed by atoms with Crippen LogP contribution in [-0.2, 0) is 0 Å². The van der Waals surface area contributed by atoms with Gasteiger partial charge in [0, 0.05) is 29.9 Å². The number of halogens is 2. The second kappa shape index (κ2) is 7.80. The van der Waals surface area contributed by atoms with Gasteiger partial charge in [0.1, 0.15) is 11.6 Å². The van der Waals surface area contributed by atoms with Crippen LogP contribution in [0.3, 0.4) is 0 Å². The Morgan fingerprint density at radius 3 is 2.39 bits per heavy atom. The average molecular weight is 380 g/mol. The van der Waals surface area contributed by atoms with Crippen LogP contribution in [0.25, 0.3) is 11.3 Å². The molecule has 5 nitrogen and oxygen atoms in total. The van der Waals surface area contributed by atoms with Crippen LogP contribution in [0.2, 0.25) is 0 Å². The zero-order valence-corrected chi connectivity index (χ0v) is 15.3. The van der Waals surface area contributed by atoms with Crippen LogP contribution in [0.15, 0.2) is 53.9 Å². The third-order valence-electron chi connectivity index (χ3n) is 4.59. The lowest BCUT2D eigenvalue weighted by Gasteiger charge is -2.08. The molecule has 0 saturated heterocycles. The van der Waals surface area contributed by atoms with Gasteiger partial charge in [-0.25, -0.2) is 18.7 Å². The van der Waals surface area contributed by atoms with Crippen molar-refractivity contribution in [1.82, 2.24) is 15.0 Å². The molecule has 7 heteroatoms. The van der Waals surface area contributed by atoms with E-state index in [1.165, 1.54) is 18.2 Å². The number of rotatable bonds is 5. The molecule has 3 aromatic rings. The van der Waals surface area contributed by atoms with Crippen LogP contribution in [0, 0.1) is 11.6 Å². The largest absolute Gasteiger partial charge is 0.464 e. The van der Waals surface area contributed by atoms with Gasteiger partial charge in [0.15, 0.2) is 0 Å². The van der Waals surface area contributed by atoms with Gasteiger partial charge in [-0.2, -0.15) is 0 Å². The molecule has 1 atom stereocenters. The van der Waals surface area contributed by atoms with Gasteiger partial charge < -0.3 is 4.74 Å². The summed E-state index contributed by atoms with van der Waals surface area (Å²) in [4.78, 5) is 17.3. The van der Waals surface area contributed by atoms with E-state index in [9.17, 15) is 8.78 Å². The van der Waals surface area contributed by atoms with E-state index in [4.69, 9.17) is 4.74 Å². The second-order valence-corrected chi connectivity index (χ2v) is 6.39. The molecule has 0 bridgehead atoms. The van der Waals surface area contributed by atoms with E-state index in [2.05, 4.69) is 19.9 Å². The first-order valence-electron chi connectivity index (χ1n) is 9.08. The first-order valence-corrected chi connectivity index (χ1v) is 9.08. The molecule has 0 spiro atoms. The van der Waals surface area contributed by atoms with Crippen molar-refractivity contribution in [2.24, 2.45) is 4.99 Å². The van der Waals surface area contributed by atoms with E-state index in [0.717, 1.165) is 16.8 Å². The molecule has 0 radical (unpaired) electrons. The molecule has 0 aliphatic carbocycles. The summed E-state index contributed by atoms with van der Waals surface area (Å²) in [5.74, 6) is -1.16. The minimum atomic E-state index is -0.580. The molecule has 1 aliphatic heterocycles. The highest BCUT2D eigenvalue weighted by atomic mass is 19.1. The van der Waals surface area contributed by atoms with Crippen molar-refractivity contribution in [2.75, 3.05) is 6.61 Å². The number of ether oxygens (including phenoxy) is 1. The summed E-state index contributed by atoms with van der Waals surface area (Å²) in [6.07, 6.45) is 6.27. The lowest BCUT2D eigenvalue weighted by atomic mass is 10.0. The third kappa shape index (κ3) is 3.60. The van der Waals surface area contributed by atoms with Crippen LogP contribution in [-0.4, -0.2) is 27.3 Å². The fraction of sp³-hybridized carbons (Fsp3) is 0.238. The van der Waals surface area contributed by atoms with Gasteiger partial charge in [0.25, 0.3) is 0 Å². The summed E-state index contributed by atoms with van der Waals surface area (Å²) in [6, 6.07) is 7.82. The van der Waals surface area contributed by atoms with E-state index in [1.54, 1.807) is 18.6 Å². The highest BCUT2D eigenvalue weighted by Gasteiger charge is 2.24. The average Bonchev–Trinajstić information content (AvgIpc) is 3.19. The van der Waals surface area contributed by atoms with E-state index >= 15 is 0 Å². The fourth-order valence-electron chi connectivity index (χ4n) is 3.22. The second-order valence-electron chi connectivity index (χ2n) is 6.39. The Morgan fingerprint density at radius 1 is 1.00 bits per heavy atom. The summed E-state index contributed by atoms with van der Waals surface area (Å²) >= 11 is 0. The summed E-state index contributed by atoms with van der Waals surface area (Å²) in [7, 11) is 0. The Hall–Kier alpha value is -3.22. The summed E-state index contributed by atoms with van der Waals surface area (Å²) in [5, 5.41) is 0. The van der Waals surface area contributed by atoms with Crippen LogP contribution in [0.4, 0.5) is 8.78 Å². The fourth-order valence-corrected chi connectivity index (χ4v) is 3.22. The maximum Gasteiger partial charge on any atom is 0.316 e. The van der Waals surface area contributed by atoms with Gasteiger partial charge in [-0.05, 0) is 43.5 Å². The molecular weight excluding hydrogens is 362 g/mol. The molecule has 2 aromatic heterocycles. The Bertz CT molecular complexity index is 984. The molecule has 3 heterocycles. The maximum absolute atomic E-state index is 14.0. The number of benzene rings is 1. The van der Waals surface area contributed by atoms with Crippen molar-refractivity contribution < 1.29 is 13.5 Å². The summed E-state index contributed by atoms with van der Waals surface area (Å²) in [6.45, 7) is 2.38. The van der Waals surface area contributed by atoms with E-state index in [1.807, 2.05) is 19.1 Å². The molecule has 1 aromatic carbocycles. The lowest BCUT2D eigenvalue weighted by Crippen LogP contribution is -2.03. The number of aliphatic imine (C=N–C) groups is 1. The van der Waals surface area contributed by atoms with Gasteiger partial charge in [-0.15, -0.1) is 0 Å². The SMILES string of the molecule is CCOc1ncc(-c2ccc(C3CCC(c4c(F)cccc4F)=N3)cn2)cn1.